The van der Waals surface area contributed by atoms with E-state index in [1.165, 1.54) is 17.7 Å². The SMILES string of the molecule is Cc1csc(NC(=O)c2cc(-c3cccc4c3cnn4C)cn3ncnc23)n1. The molecule has 0 unspecified atom stereocenters. The molecule has 0 bridgehead atoms. The normalized spacial score (nSPS) is 11.4. The van der Waals surface area contributed by atoms with Crippen LogP contribution in [0.4, 0.5) is 5.13 Å². The molecule has 0 aliphatic rings. The van der Waals surface area contributed by atoms with Crippen molar-refractivity contribution < 1.29 is 4.79 Å². The van der Waals surface area contributed by atoms with Crippen molar-refractivity contribution in [3.8, 4) is 11.1 Å². The molecule has 28 heavy (non-hydrogen) atoms. The lowest BCUT2D eigenvalue weighted by Gasteiger charge is -2.09. The minimum atomic E-state index is -0.271. The third-order valence-corrected chi connectivity index (χ3v) is 5.44. The molecule has 8 nitrogen and oxygen atoms in total. The van der Waals surface area contributed by atoms with Crippen LogP contribution in [0.1, 0.15) is 16.1 Å². The van der Waals surface area contributed by atoms with Gasteiger partial charge in [-0.2, -0.15) is 10.2 Å². The molecule has 5 rings (SSSR count). The molecule has 0 saturated carbocycles. The number of aromatic nitrogens is 6. The average Bonchev–Trinajstić information content (AvgIpc) is 3.41. The Kier molecular flexibility index (Phi) is 3.69. The predicted octanol–water partition coefficient (Wildman–Crippen LogP) is 3.30. The van der Waals surface area contributed by atoms with E-state index in [4.69, 9.17) is 0 Å². The van der Waals surface area contributed by atoms with Crippen molar-refractivity contribution in [2.45, 2.75) is 6.92 Å². The Labute approximate surface area is 163 Å². The summed E-state index contributed by atoms with van der Waals surface area (Å²) < 4.78 is 3.44. The zero-order chi connectivity index (χ0) is 19.3. The first kappa shape index (κ1) is 16.6. The van der Waals surface area contributed by atoms with E-state index in [-0.39, 0.29) is 5.91 Å². The zero-order valence-electron chi connectivity index (χ0n) is 15.1. The highest BCUT2D eigenvalue weighted by Crippen LogP contribution is 2.30. The molecule has 4 heterocycles. The molecule has 0 saturated heterocycles. The molecule has 138 valence electrons. The highest BCUT2D eigenvalue weighted by Gasteiger charge is 2.17. The Morgan fingerprint density at radius 1 is 1.25 bits per heavy atom. The van der Waals surface area contributed by atoms with E-state index in [2.05, 4.69) is 25.5 Å². The van der Waals surface area contributed by atoms with Crippen LogP contribution in [-0.4, -0.2) is 35.3 Å². The molecule has 1 aromatic carbocycles. The number of rotatable bonds is 3. The van der Waals surface area contributed by atoms with Crippen LogP contribution in [0.3, 0.4) is 0 Å². The molecule has 9 heteroatoms. The van der Waals surface area contributed by atoms with Gasteiger partial charge < -0.3 is 0 Å². The second-order valence-corrected chi connectivity index (χ2v) is 7.28. The van der Waals surface area contributed by atoms with Crippen LogP contribution in [0, 0.1) is 6.92 Å². The quantitative estimate of drug-likeness (QED) is 0.511. The van der Waals surface area contributed by atoms with E-state index in [0.29, 0.717) is 16.3 Å². The maximum absolute atomic E-state index is 12.9. The molecule has 0 atom stereocenters. The van der Waals surface area contributed by atoms with Gasteiger partial charge in [0.05, 0.1) is 23.0 Å². The van der Waals surface area contributed by atoms with E-state index >= 15 is 0 Å². The van der Waals surface area contributed by atoms with Gasteiger partial charge in [0.1, 0.15) is 6.33 Å². The van der Waals surface area contributed by atoms with Crippen LogP contribution in [0.5, 0.6) is 0 Å². The number of fused-ring (bicyclic) bond motifs is 2. The number of carbonyl (C=O) groups excluding carboxylic acids is 1. The van der Waals surface area contributed by atoms with Gasteiger partial charge in [-0.3, -0.25) is 14.8 Å². The Bertz CT molecular complexity index is 1350. The number of nitrogens with zero attached hydrogens (tertiary/aromatic N) is 6. The molecular weight excluding hydrogens is 374 g/mol. The van der Waals surface area contributed by atoms with Crippen molar-refractivity contribution in [1.82, 2.24) is 29.4 Å². The van der Waals surface area contributed by atoms with Crippen molar-refractivity contribution >= 4 is 38.9 Å². The predicted molar refractivity (Wildman–Crippen MR) is 107 cm³/mol. The van der Waals surface area contributed by atoms with Gasteiger partial charge >= 0.3 is 0 Å². The minimum absolute atomic E-state index is 0.271. The van der Waals surface area contributed by atoms with Crippen molar-refractivity contribution in [2.24, 2.45) is 7.05 Å². The highest BCUT2D eigenvalue weighted by molar-refractivity contribution is 7.13. The lowest BCUT2D eigenvalue weighted by atomic mass is 10.0. The molecular formula is C19H15N7OS. The van der Waals surface area contributed by atoms with Crippen LogP contribution < -0.4 is 5.32 Å². The molecule has 5 aromatic rings. The smallest absolute Gasteiger partial charge is 0.261 e. The zero-order valence-corrected chi connectivity index (χ0v) is 15.9. The van der Waals surface area contributed by atoms with E-state index < -0.39 is 0 Å². The number of pyridine rings is 1. The van der Waals surface area contributed by atoms with Gasteiger partial charge in [-0.05, 0) is 24.6 Å². The summed E-state index contributed by atoms with van der Waals surface area (Å²) in [5, 5.41) is 14.9. The molecule has 0 spiro atoms. The number of nitrogens with one attached hydrogen (secondary N) is 1. The number of hydrogen-bond acceptors (Lipinski definition) is 6. The number of thiazole rings is 1. The Hall–Kier alpha value is -3.59. The van der Waals surface area contributed by atoms with E-state index in [0.717, 1.165) is 27.7 Å². The monoisotopic (exact) mass is 389 g/mol. The van der Waals surface area contributed by atoms with Gasteiger partial charge in [-0.25, -0.2) is 14.5 Å². The van der Waals surface area contributed by atoms with Gasteiger partial charge in [-0.1, -0.05) is 12.1 Å². The Morgan fingerprint density at radius 2 is 2.14 bits per heavy atom. The molecule has 0 fully saturated rings. The molecule has 0 aliphatic heterocycles. The summed E-state index contributed by atoms with van der Waals surface area (Å²) in [6, 6.07) is 7.83. The fourth-order valence-electron chi connectivity index (χ4n) is 3.25. The van der Waals surface area contributed by atoms with Crippen molar-refractivity contribution in [2.75, 3.05) is 5.32 Å². The molecule has 4 aromatic heterocycles. The van der Waals surface area contributed by atoms with Crippen LogP contribution in [0.2, 0.25) is 0 Å². The molecule has 1 amide bonds. The van der Waals surface area contributed by atoms with E-state index in [9.17, 15) is 4.79 Å². The van der Waals surface area contributed by atoms with Crippen LogP contribution in [0.15, 0.2) is 48.4 Å². The van der Waals surface area contributed by atoms with Crippen molar-refractivity contribution in [3.05, 3.63) is 59.6 Å². The van der Waals surface area contributed by atoms with Gasteiger partial charge in [0.15, 0.2) is 10.8 Å². The number of carbonyl (C=O) groups is 1. The fraction of sp³-hybridized carbons (Fsp3) is 0.105. The van der Waals surface area contributed by atoms with Crippen molar-refractivity contribution in [3.63, 3.8) is 0 Å². The fourth-order valence-corrected chi connectivity index (χ4v) is 3.93. The minimum Gasteiger partial charge on any atom is -0.298 e. The number of anilines is 1. The maximum Gasteiger partial charge on any atom is 0.261 e. The third kappa shape index (κ3) is 2.64. The van der Waals surface area contributed by atoms with Crippen LogP contribution in [0.25, 0.3) is 27.7 Å². The number of benzene rings is 1. The van der Waals surface area contributed by atoms with E-state index in [1.54, 1.807) is 4.52 Å². The lowest BCUT2D eigenvalue weighted by Crippen LogP contribution is -2.14. The third-order valence-electron chi connectivity index (χ3n) is 4.56. The topological polar surface area (TPSA) is 90.0 Å². The number of hydrogen-bond donors (Lipinski definition) is 1. The first-order chi connectivity index (χ1) is 13.6. The summed E-state index contributed by atoms with van der Waals surface area (Å²) in [5.74, 6) is -0.271. The number of aryl methyl sites for hydroxylation is 2. The first-order valence-electron chi connectivity index (χ1n) is 8.58. The average molecular weight is 389 g/mol. The Balaban J connectivity index is 1.66. The van der Waals surface area contributed by atoms with E-state index in [1.807, 2.05) is 60.7 Å². The van der Waals surface area contributed by atoms with Gasteiger partial charge in [0, 0.05) is 29.6 Å². The Morgan fingerprint density at radius 3 is 2.96 bits per heavy atom. The van der Waals surface area contributed by atoms with Crippen molar-refractivity contribution in [1.29, 1.82) is 0 Å². The summed E-state index contributed by atoms with van der Waals surface area (Å²) in [6.45, 7) is 1.89. The number of amides is 1. The molecule has 0 aliphatic carbocycles. The van der Waals surface area contributed by atoms with Gasteiger partial charge in [-0.15, -0.1) is 11.3 Å². The first-order valence-corrected chi connectivity index (χ1v) is 9.46. The summed E-state index contributed by atoms with van der Waals surface area (Å²) >= 11 is 1.39. The second-order valence-electron chi connectivity index (χ2n) is 6.43. The molecule has 0 radical (unpaired) electrons. The maximum atomic E-state index is 12.9. The van der Waals surface area contributed by atoms with Crippen LogP contribution >= 0.6 is 11.3 Å². The standard InChI is InChI=1S/C19H15N7OS/c1-11-9-28-19(23-11)24-18(27)14-6-12(8-26-17(14)20-10-22-26)13-4-3-5-16-15(13)7-21-25(16)2/h3-10H,1-2H3,(H,23,24,27). The summed E-state index contributed by atoms with van der Waals surface area (Å²) in [5.41, 5.74) is 4.64. The largest absolute Gasteiger partial charge is 0.298 e. The highest BCUT2D eigenvalue weighted by atomic mass is 32.1. The summed E-state index contributed by atoms with van der Waals surface area (Å²) in [7, 11) is 1.90. The van der Waals surface area contributed by atoms with Gasteiger partial charge in [0.25, 0.3) is 5.91 Å². The summed E-state index contributed by atoms with van der Waals surface area (Å²) in [4.78, 5) is 21.5. The van der Waals surface area contributed by atoms with Gasteiger partial charge in [0.2, 0.25) is 0 Å². The lowest BCUT2D eigenvalue weighted by molar-refractivity contribution is 0.102. The van der Waals surface area contributed by atoms with Crippen LogP contribution in [-0.2, 0) is 7.05 Å². The summed E-state index contributed by atoms with van der Waals surface area (Å²) in [6.07, 6.45) is 5.14. The molecule has 1 N–H and O–H groups in total. The second kappa shape index (κ2) is 6.24.